The molecule has 2 unspecified atom stereocenters. The van der Waals surface area contributed by atoms with E-state index in [0.29, 0.717) is 13.2 Å². The summed E-state index contributed by atoms with van der Waals surface area (Å²) in [7, 11) is 1.25. The van der Waals surface area contributed by atoms with E-state index in [9.17, 15) is 19.4 Å². The predicted molar refractivity (Wildman–Crippen MR) is 135 cm³/mol. The fourth-order valence-corrected chi connectivity index (χ4v) is 3.98. The molecule has 1 aromatic heterocycles. The van der Waals surface area contributed by atoms with E-state index in [-0.39, 0.29) is 30.5 Å². The number of rotatable bonds is 12. The number of halogens is 1. The molecule has 0 spiro atoms. The van der Waals surface area contributed by atoms with Gasteiger partial charge in [0, 0.05) is 29.8 Å². The van der Waals surface area contributed by atoms with Crippen LogP contribution in [0.2, 0.25) is 0 Å². The van der Waals surface area contributed by atoms with Gasteiger partial charge in [-0.15, -0.1) is 0 Å². The van der Waals surface area contributed by atoms with Crippen LogP contribution in [0.1, 0.15) is 81.8 Å². The number of esters is 1. The second-order valence-corrected chi connectivity index (χ2v) is 9.20. The molecule has 0 amide bonds. The van der Waals surface area contributed by atoms with Crippen molar-refractivity contribution < 1.29 is 28.9 Å². The maximum Gasteiger partial charge on any atom is 0.308 e. The number of aliphatic hydroxyl groups is 2. The minimum Gasteiger partial charge on any atom is -0.469 e. The van der Waals surface area contributed by atoms with Crippen molar-refractivity contribution in [1.29, 1.82) is 0 Å². The van der Waals surface area contributed by atoms with E-state index in [4.69, 9.17) is 9.72 Å². The van der Waals surface area contributed by atoms with Crippen LogP contribution in [0.4, 0.5) is 4.39 Å². The molecule has 7 heteroatoms. The van der Waals surface area contributed by atoms with Crippen molar-refractivity contribution in [1.82, 2.24) is 4.98 Å². The summed E-state index contributed by atoms with van der Waals surface area (Å²) in [6, 6.07) is 6.33. The van der Waals surface area contributed by atoms with Crippen LogP contribution in [0, 0.1) is 5.82 Å². The molecule has 0 aliphatic heterocycles. The van der Waals surface area contributed by atoms with Gasteiger partial charge in [0.25, 0.3) is 0 Å². The number of benzene rings is 1. The highest BCUT2D eigenvalue weighted by Crippen LogP contribution is 2.38. The summed E-state index contributed by atoms with van der Waals surface area (Å²) in [5.41, 5.74) is 5.23. The van der Waals surface area contributed by atoms with Gasteiger partial charge in [-0.25, -0.2) is 4.39 Å². The van der Waals surface area contributed by atoms with E-state index < -0.39 is 18.2 Å². The summed E-state index contributed by atoms with van der Waals surface area (Å²) in [6.07, 6.45) is 1.17. The fraction of sp³-hybridized carbons (Fsp3) is 0.500. The van der Waals surface area contributed by atoms with Crippen LogP contribution in [0.15, 0.2) is 30.3 Å². The zero-order valence-corrected chi connectivity index (χ0v) is 21.5. The first kappa shape index (κ1) is 28.6. The standard InChI is InChI=1S/C28H38FNO5/c1-7-35-16-24-26(19-8-10-20(29)11-9-19)23(27(17(2)3)30-28(24)18(4)5)13-12-21(31)14-22(32)15-25(33)34-6/h8-13,17-18,21-22,31-32H,7,14-16H2,1-6H3. The Morgan fingerprint density at radius 3 is 2.26 bits per heavy atom. The first-order valence-corrected chi connectivity index (χ1v) is 12.1. The third-order valence-electron chi connectivity index (χ3n) is 5.70. The van der Waals surface area contributed by atoms with Gasteiger partial charge in [0.05, 0.1) is 38.0 Å². The molecule has 1 heterocycles. The number of hydrogen-bond acceptors (Lipinski definition) is 6. The molecule has 0 fully saturated rings. The van der Waals surface area contributed by atoms with Crippen molar-refractivity contribution in [2.45, 2.75) is 78.1 Å². The molecule has 0 aliphatic rings. The second-order valence-electron chi connectivity index (χ2n) is 9.20. The topological polar surface area (TPSA) is 88.9 Å². The lowest BCUT2D eigenvalue weighted by atomic mass is 9.87. The number of carbonyl (C=O) groups excluding carboxylic acids is 1. The third-order valence-corrected chi connectivity index (χ3v) is 5.70. The lowest BCUT2D eigenvalue weighted by molar-refractivity contribution is -0.143. The summed E-state index contributed by atoms with van der Waals surface area (Å²) >= 11 is 0. The molecular weight excluding hydrogens is 449 g/mol. The smallest absolute Gasteiger partial charge is 0.308 e. The molecule has 2 rings (SSSR count). The quantitative estimate of drug-likeness (QED) is 0.392. The molecule has 0 radical (unpaired) electrons. The molecule has 0 saturated heterocycles. The van der Waals surface area contributed by atoms with Crippen molar-refractivity contribution in [2.24, 2.45) is 0 Å². The van der Waals surface area contributed by atoms with Gasteiger partial charge < -0.3 is 19.7 Å². The lowest BCUT2D eigenvalue weighted by Gasteiger charge is -2.24. The molecule has 0 saturated carbocycles. The van der Waals surface area contributed by atoms with Gasteiger partial charge in [-0.1, -0.05) is 52.0 Å². The van der Waals surface area contributed by atoms with Gasteiger partial charge in [-0.05, 0) is 42.0 Å². The van der Waals surface area contributed by atoms with Crippen LogP contribution in [0.25, 0.3) is 17.2 Å². The van der Waals surface area contributed by atoms with E-state index >= 15 is 0 Å². The first-order valence-electron chi connectivity index (χ1n) is 12.1. The van der Waals surface area contributed by atoms with Crippen LogP contribution in [-0.2, 0) is 20.9 Å². The van der Waals surface area contributed by atoms with Gasteiger partial charge >= 0.3 is 5.97 Å². The van der Waals surface area contributed by atoms with Crippen molar-refractivity contribution in [3.63, 3.8) is 0 Å². The lowest BCUT2D eigenvalue weighted by Crippen LogP contribution is -2.20. The van der Waals surface area contributed by atoms with Crippen LogP contribution in [0.3, 0.4) is 0 Å². The maximum absolute atomic E-state index is 13.8. The van der Waals surface area contributed by atoms with E-state index in [1.165, 1.54) is 19.2 Å². The molecule has 0 aliphatic carbocycles. The monoisotopic (exact) mass is 487 g/mol. The average molecular weight is 488 g/mol. The Bertz CT molecular complexity index is 1000. The number of ether oxygens (including phenoxy) is 2. The Balaban J connectivity index is 2.65. The van der Waals surface area contributed by atoms with Crippen molar-refractivity contribution >= 4 is 12.0 Å². The highest BCUT2D eigenvalue weighted by Gasteiger charge is 2.23. The molecule has 6 nitrogen and oxygen atoms in total. The largest absolute Gasteiger partial charge is 0.469 e. The molecule has 2 N–H and O–H groups in total. The highest BCUT2D eigenvalue weighted by atomic mass is 19.1. The highest BCUT2D eigenvalue weighted by molar-refractivity contribution is 5.80. The first-order chi connectivity index (χ1) is 16.6. The Morgan fingerprint density at radius 2 is 1.71 bits per heavy atom. The molecule has 2 aromatic rings. The van der Waals surface area contributed by atoms with E-state index in [2.05, 4.69) is 32.4 Å². The zero-order chi connectivity index (χ0) is 26.1. The van der Waals surface area contributed by atoms with Gasteiger partial charge in [0.1, 0.15) is 5.82 Å². The van der Waals surface area contributed by atoms with Crippen molar-refractivity contribution in [3.8, 4) is 11.1 Å². The number of aromatic nitrogens is 1. The van der Waals surface area contributed by atoms with Crippen molar-refractivity contribution in [3.05, 3.63) is 58.7 Å². The predicted octanol–water partition coefficient (Wildman–Crippen LogP) is 5.36. The van der Waals surface area contributed by atoms with E-state index in [0.717, 1.165) is 33.6 Å². The maximum atomic E-state index is 13.8. The average Bonchev–Trinajstić information content (AvgIpc) is 2.80. The molecule has 192 valence electrons. The zero-order valence-electron chi connectivity index (χ0n) is 21.5. The van der Waals surface area contributed by atoms with Crippen molar-refractivity contribution in [2.75, 3.05) is 13.7 Å². The molecule has 2 atom stereocenters. The number of carbonyl (C=O) groups is 1. The molecular formula is C28H38FNO5. The Morgan fingerprint density at radius 1 is 1.09 bits per heavy atom. The number of hydrogen-bond donors (Lipinski definition) is 2. The minimum absolute atomic E-state index is 0.0161. The minimum atomic E-state index is -1.03. The normalized spacial score (nSPS) is 13.6. The van der Waals surface area contributed by atoms with Gasteiger partial charge in [0.2, 0.25) is 0 Å². The molecule has 0 bridgehead atoms. The number of nitrogens with zero attached hydrogens (tertiary/aromatic N) is 1. The van der Waals surface area contributed by atoms with E-state index in [1.807, 2.05) is 6.92 Å². The Hall–Kier alpha value is -2.61. The third kappa shape index (κ3) is 7.95. The number of pyridine rings is 1. The van der Waals surface area contributed by atoms with Gasteiger partial charge in [-0.3, -0.25) is 9.78 Å². The van der Waals surface area contributed by atoms with Crippen LogP contribution >= 0.6 is 0 Å². The SMILES string of the molecule is CCOCc1c(C(C)C)nc(C(C)C)c(C=CC(O)CC(O)CC(=O)OC)c1-c1ccc(F)cc1. The number of methoxy groups -OCH3 is 1. The summed E-state index contributed by atoms with van der Waals surface area (Å²) in [5.74, 6) is -0.647. The molecule has 1 aromatic carbocycles. The Labute approximate surface area is 207 Å². The summed E-state index contributed by atoms with van der Waals surface area (Å²) in [6.45, 7) is 11.1. The molecule has 35 heavy (non-hydrogen) atoms. The number of aliphatic hydroxyl groups excluding tert-OH is 2. The van der Waals surface area contributed by atoms with Gasteiger partial charge in [-0.2, -0.15) is 0 Å². The summed E-state index contributed by atoms with van der Waals surface area (Å²) in [5, 5.41) is 20.7. The van der Waals surface area contributed by atoms with Gasteiger partial charge in [0.15, 0.2) is 0 Å². The van der Waals surface area contributed by atoms with E-state index in [1.54, 1.807) is 24.3 Å². The Kier molecular flexibility index (Phi) is 11.0. The fourth-order valence-electron chi connectivity index (χ4n) is 3.98. The van der Waals surface area contributed by atoms with Crippen LogP contribution < -0.4 is 0 Å². The van der Waals surface area contributed by atoms with Crippen LogP contribution in [-0.4, -0.2) is 47.1 Å². The summed E-state index contributed by atoms with van der Waals surface area (Å²) in [4.78, 5) is 16.4. The van der Waals surface area contributed by atoms with Crippen LogP contribution in [0.5, 0.6) is 0 Å². The second kappa shape index (κ2) is 13.5. The summed E-state index contributed by atoms with van der Waals surface area (Å²) < 4.78 is 24.2.